The highest BCUT2D eigenvalue weighted by atomic mass is 127. The van der Waals surface area contributed by atoms with Gasteiger partial charge in [-0.1, -0.05) is 13.3 Å². The summed E-state index contributed by atoms with van der Waals surface area (Å²) in [5, 5.41) is 4.26. The third kappa shape index (κ3) is 1.95. The summed E-state index contributed by atoms with van der Waals surface area (Å²) >= 11 is 2.34. The molecule has 1 aromatic heterocycles. The quantitative estimate of drug-likeness (QED) is 0.767. The first-order valence-electron chi connectivity index (χ1n) is 3.99. The van der Waals surface area contributed by atoms with E-state index in [2.05, 4.69) is 46.2 Å². The zero-order chi connectivity index (χ0) is 8.27. The average Bonchev–Trinajstić information content (AvgIpc) is 2.34. The van der Waals surface area contributed by atoms with E-state index in [0.29, 0.717) is 0 Å². The van der Waals surface area contributed by atoms with Gasteiger partial charge in [-0.05, 0) is 35.9 Å². The number of hydrogen-bond donors (Lipinski definition) is 0. The van der Waals surface area contributed by atoms with Crippen molar-refractivity contribution in [2.45, 2.75) is 33.2 Å². The average molecular weight is 264 g/mol. The fraction of sp³-hybridized carbons (Fsp3) is 0.625. The van der Waals surface area contributed by atoms with Crippen LogP contribution in [-0.4, -0.2) is 9.78 Å². The Morgan fingerprint density at radius 3 is 2.82 bits per heavy atom. The summed E-state index contributed by atoms with van der Waals surface area (Å²) < 4.78 is 3.37. The summed E-state index contributed by atoms with van der Waals surface area (Å²) in [6.07, 6.45) is 4.28. The molecule has 1 aromatic rings. The number of nitrogens with zero attached hydrogens (tertiary/aromatic N) is 2. The van der Waals surface area contributed by atoms with Gasteiger partial charge in [0.2, 0.25) is 0 Å². The maximum atomic E-state index is 4.26. The third-order valence-electron chi connectivity index (χ3n) is 1.68. The molecule has 0 radical (unpaired) electrons. The summed E-state index contributed by atoms with van der Waals surface area (Å²) in [7, 11) is 0. The van der Waals surface area contributed by atoms with E-state index in [0.717, 1.165) is 13.0 Å². The number of rotatable bonds is 3. The van der Waals surface area contributed by atoms with Crippen molar-refractivity contribution in [2.75, 3.05) is 0 Å². The van der Waals surface area contributed by atoms with Gasteiger partial charge in [0.05, 0.1) is 15.5 Å². The smallest absolute Gasteiger partial charge is 0.0626 e. The summed E-state index contributed by atoms with van der Waals surface area (Å²) in [6.45, 7) is 5.31. The lowest BCUT2D eigenvalue weighted by molar-refractivity contribution is 0.615. The van der Waals surface area contributed by atoms with Gasteiger partial charge >= 0.3 is 0 Å². The maximum absolute atomic E-state index is 4.26. The Morgan fingerprint density at radius 2 is 2.27 bits per heavy atom. The third-order valence-corrected chi connectivity index (χ3v) is 2.59. The molecule has 62 valence electrons. The van der Waals surface area contributed by atoms with Gasteiger partial charge in [0, 0.05) is 6.54 Å². The van der Waals surface area contributed by atoms with Crippen LogP contribution in [0.4, 0.5) is 0 Å². The van der Waals surface area contributed by atoms with E-state index in [4.69, 9.17) is 0 Å². The topological polar surface area (TPSA) is 17.8 Å². The van der Waals surface area contributed by atoms with Crippen LogP contribution in [-0.2, 0) is 13.0 Å². The van der Waals surface area contributed by atoms with Gasteiger partial charge < -0.3 is 0 Å². The Labute approximate surface area is 81.1 Å². The molecule has 0 bridgehead atoms. The molecular weight excluding hydrogens is 251 g/mol. The second-order valence-electron chi connectivity index (χ2n) is 2.50. The molecule has 0 spiro atoms. The molecule has 0 N–H and O–H groups in total. The molecule has 1 heterocycles. The standard InChI is InChI=1S/C8H13IN2/c1-3-5-8-7(9)6-10-11(8)4-2/h6H,3-5H2,1-2H3. The molecule has 0 saturated carbocycles. The highest BCUT2D eigenvalue weighted by Crippen LogP contribution is 2.12. The molecule has 0 atom stereocenters. The zero-order valence-electron chi connectivity index (χ0n) is 6.97. The van der Waals surface area contributed by atoms with Gasteiger partial charge in [0.25, 0.3) is 0 Å². The van der Waals surface area contributed by atoms with Crippen molar-refractivity contribution in [3.63, 3.8) is 0 Å². The highest BCUT2D eigenvalue weighted by molar-refractivity contribution is 14.1. The van der Waals surface area contributed by atoms with E-state index < -0.39 is 0 Å². The van der Waals surface area contributed by atoms with Crippen molar-refractivity contribution in [3.05, 3.63) is 15.5 Å². The van der Waals surface area contributed by atoms with E-state index in [9.17, 15) is 0 Å². The molecule has 0 aliphatic heterocycles. The fourth-order valence-electron chi connectivity index (χ4n) is 1.15. The lowest BCUT2D eigenvalue weighted by atomic mass is 10.2. The Hall–Kier alpha value is -0.0600. The van der Waals surface area contributed by atoms with Gasteiger partial charge in [0.15, 0.2) is 0 Å². The SMILES string of the molecule is CCCc1c(I)cnn1CC. The van der Waals surface area contributed by atoms with Gasteiger partial charge in [0.1, 0.15) is 0 Å². The van der Waals surface area contributed by atoms with Crippen LogP contribution in [0.15, 0.2) is 6.20 Å². The zero-order valence-corrected chi connectivity index (χ0v) is 9.13. The van der Waals surface area contributed by atoms with E-state index in [1.165, 1.54) is 15.7 Å². The van der Waals surface area contributed by atoms with Crippen molar-refractivity contribution in [3.8, 4) is 0 Å². The molecular formula is C8H13IN2. The normalized spacial score (nSPS) is 10.5. The van der Waals surface area contributed by atoms with Gasteiger partial charge in [-0.2, -0.15) is 5.10 Å². The van der Waals surface area contributed by atoms with Crippen LogP contribution in [0.3, 0.4) is 0 Å². The molecule has 0 unspecified atom stereocenters. The van der Waals surface area contributed by atoms with Crippen LogP contribution in [0.5, 0.6) is 0 Å². The van der Waals surface area contributed by atoms with Crippen molar-refractivity contribution < 1.29 is 0 Å². The molecule has 11 heavy (non-hydrogen) atoms. The van der Waals surface area contributed by atoms with E-state index in [1.807, 2.05) is 6.20 Å². The number of aryl methyl sites for hydroxylation is 1. The van der Waals surface area contributed by atoms with E-state index >= 15 is 0 Å². The minimum atomic E-state index is 0.984. The monoisotopic (exact) mass is 264 g/mol. The molecule has 0 amide bonds. The number of hydrogen-bond acceptors (Lipinski definition) is 1. The Kier molecular flexibility index (Phi) is 3.36. The Morgan fingerprint density at radius 1 is 1.55 bits per heavy atom. The molecule has 0 aliphatic carbocycles. The van der Waals surface area contributed by atoms with Crippen LogP contribution in [0.1, 0.15) is 26.0 Å². The first-order valence-corrected chi connectivity index (χ1v) is 5.07. The number of aromatic nitrogens is 2. The van der Waals surface area contributed by atoms with E-state index in [-0.39, 0.29) is 0 Å². The van der Waals surface area contributed by atoms with Gasteiger partial charge in [-0.15, -0.1) is 0 Å². The molecule has 0 aromatic carbocycles. The first kappa shape index (κ1) is 9.03. The number of halogens is 1. The van der Waals surface area contributed by atoms with Crippen LogP contribution < -0.4 is 0 Å². The van der Waals surface area contributed by atoms with Crippen LogP contribution in [0, 0.1) is 3.57 Å². The summed E-state index contributed by atoms with van der Waals surface area (Å²) in [5.74, 6) is 0. The molecule has 0 fully saturated rings. The minimum absolute atomic E-state index is 0.984. The summed E-state index contributed by atoms with van der Waals surface area (Å²) in [6, 6.07) is 0. The Bertz CT molecular complexity index is 230. The fourth-order valence-corrected chi connectivity index (χ4v) is 1.82. The summed E-state index contributed by atoms with van der Waals surface area (Å²) in [4.78, 5) is 0. The second kappa shape index (κ2) is 4.09. The molecule has 2 nitrogen and oxygen atoms in total. The van der Waals surface area contributed by atoms with Gasteiger partial charge in [-0.25, -0.2) is 0 Å². The van der Waals surface area contributed by atoms with Crippen LogP contribution in [0.2, 0.25) is 0 Å². The second-order valence-corrected chi connectivity index (χ2v) is 3.67. The lowest BCUT2D eigenvalue weighted by Gasteiger charge is -2.02. The largest absolute Gasteiger partial charge is 0.269 e. The predicted molar refractivity (Wildman–Crippen MR) is 54.6 cm³/mol. The van der Waals surface area contributed by atoms with Crippen molar-refractivity contribution in [1.29, 1.82) is 0 Å². The first-order chi connectivity index (χ1) is 5.29. The van der Waals surface area contributed by atoms with Crippen molar-refractivity contribution in [2.24, 2.45) is 0 Å². The molecule has 3 heteroatoms. The minimum Gasteiger partial charge on any atom is -0.269 e. The lowest BCUT2D eigenvalue weighted by Crippen LogP contribution is -2.02. The summed E-state index contributed by atoms with van der Waals surface area (Å²) in [5.41, 5.74) is 1.38. The van der Waals surface area contributed by atoms with Crippen molar-refractivity contribution in [1.82, 2.24) is 9.78 Å². The maximum Gasteiger partial charge on any atom is 0.0626 e. The van der Waals surface area contributed by atoms with E-state index in [1.54, 1.807) is 0 Å². The van der Waals surface area contributed by atoms with Crippen LogP contribution in [0.25, 0.3) is 0 Å². The molecule has 0 saturated heterocycles. The predicted octanol–water partition coefficient (Wildman–Crippen LogP) is 2.46. The van der Waals surface area contributed by atoms with Gasteiger partial charge in [-0.3, -0.25) is 4.68 Å². The molecule has 1 rings (SSSR count). The van der Waals surface area contributed by atoms with Crippen molar-refractivity contribution >= 4 is 22.6 Å². The highest BCUT2D eigenvalue weighted by Gasteiger charge is 2.04. The molecule has 0 aliphatic rings. The Balaban J connectivity index is 2.88. The van der Waals surface area contributed by atoms with Crippen LogP contribution >= 0.6 is 22.6 Å².